The Kier molecular flexibility index (Phi) is 4.08. The third-order valence-corrected chi connectivity index (χ3v) is 3.51. The number of aromatic nitrogens is 3. The van der Waals surface area contributed by atoms with Crippen LogP contribution in [0.3, 0.4) is 0 Å². The van der Waals surface area contributed by atoms with E-state index >= 15 is 0 Å². The maximum Gasteiger partial charge on any atom is 0.142 e. The number of nitrogens with one attached hydrogen (secondary N) is 1. The molecule has 0 aliphatic heterocycles. The van der Waals surface area contributed by atoms with E-state index in [9.17, 15) is 4.39 Å². The minimum absolute atomic E-state index is 0.134. The van der Waals surface area contributed by atoms with Gasteiger partial charge in [0, 0.05) is 25.1 Å². The molecule has 0 spiro atoms. The third kappa shape index (κ3) is 2.59. The van der Waals surface area contributed by atoms with E-state index in [1.165, 1.54) is 6.33 Å². The smallest absolute Gasteiger partial charge is 0.142 e. The largest absolute Gasteiger partial charge is 0.313 e. The van der Waals surface area contributed by atoms with E-state index in [-0.39, 0.29) is 11.9 Å². The summed E-state index contributed by atoms with van der Waals surface area (Å²) in [5.74, 6) is 0.577. The Bertz CT molecular complexity index is 541. The normalized spacial score (nSPS) is 12.7. The summed E-state index contributed by atoms with van der Waals surface area (Å²) in [7, 11) is 3.63. The molecule has 0 bridgehead atoms. The van der Waals surface area contributed by atoms with E-state index in [0.29, 0.717) is 16.5 Å². The average Bonchev–Trinajstić information content (AvgIpc) is 2.76. The molecule has 96 valence electrons. The molecular weight excluding hydrogens is 299 g/mol. The van der Waals surface area contributed by atoms with Crippen LogP contribution in [0.2, 0.25) is 0 Å². The molecule has 4 nitrogen and oxygen atoms in total. The lowest BCUT2D eigenvalue weighted by atomic mass is 10.0. The first-order valence-corrected chi connectivity index (χ1v) is 6.36. The lowest BCUT2D eigenvalue weighted by Crippen LogP contribution is -2.21. The van der Waals surface area contributed by atoms with Crippen molar-refractivity contribution in [1.82, 2.24) is 20.1 Å². The molecule has 0 fully saturated rings. The third-order valence-electron chi connectivity index (χ3n) is 2.90. The van der Waals surface area contributed by atoms with Gasteiger partial charge in [-0.3, -0.25) is 4.68 Å². The highest BCUT2D eigenvalue weighted by Crippen LogP contribution is 2.25. The van der Waals surface area contributed by atoms with Crippen molar-refractivity contribution in [1.29, 1.82) is 0 Å². The van der Waals surface area contributed by atoms with Crippen LogP contribution >= 0.6 is 15.9 Å². The molecule has 1 N–H and O–H groups in total. The number of rotatable bonds is 4. The van der Waals surface area contributed by atoms with Crippen LogP contribution in [0.1, 0.15) is 17.4 Å². The molecule has 1 aromatic carbocycles. The molecule has 2 aromatic rings. The molecule has 0 aliphatic carbocycles. The van der Waals surface area contributed by atoms with Crippen LogP contribution in [-0.4, -0.2) is 21.8 Å². The Labute approximate surface area is 113 Å². The number of halogens is 2. The fraction of sp³-hybridized carbons (Fsp3) is 0.333. The van der Waals surface area contributed by atoms with Crippen molar-refractivity contribution in [3.05, 3.63) is 46.2 Å². The zero-order chi connectivity index (χ0) is 13.1. The van der Waals surface area contributed by atoms with E-state index in [2.05, 4.69) is 31.3 Å². The molecule has 2 rings (SSSR count). The second kappa shape index (κ2) is 5.58. The molecule has 6 heteroatoms. The van der Waals surface area contributed by atoms with Gasteiger partial charge >= 0.3 is 0 Å². The minimum Gasteiger partial charge on any atom is -0.313 e. The van der Waals surface area contributed by atoms with Crippen LogP contribution in [-0.2, 0) is 13.5 Å². The Morgan fingerprint density at radius 2 is 2.28 bits per heavy atom. The van der Waals surface area contributed by atoms with Crippen LogP contribution < -0.4 is 5.32 Å². The van der Waals surface area contributed by atoms with Crippen molar-refractivity contribution in [2.45, 2.75) is 12.5 Å². The minimum atomic E-state index is -0.237. The van der Waals surface area contributed by atoms with Gasteiger partial charge in [0.1, 0.15) is 18.0 Å². The Morgan fingerprint density at radius 3 is 2.89 bits per heavy atom. The number of nitrogens with zero attached hydrogens (tertiary/aromatic N) is 3. The van der Waals surface area contributed by atoms with Crippen molar-refractivity contribution in [2.24, 2.45) is 7.05 Å². The van der Waals surface area contributed by atoms with Crippen molar-refractivity contribution in [2.75, 3.05) is 7.05 Å². The maximum absolute atomic E-state index is 14.0. The number of benzene rings is 1. The van der Waals surface area contributed by atoms with E-state index in [1.54, 1.807) is 23.9 Å². The Hall–Kier alpha value is -1.27. The van der Waals surface area contributed by atoms with Gasteiger partial charge in [0.25, 0.3) is 0 Å². The number of likely N-dealkylation sites (N-methyl/N-ethyl adjacent to an activating group) is 1. The van der Waals surface area contributed by atoms with Gasteiger partial charge in [0.2, 0.25) is 0 Å². The molecule has 1 unspecified atom stereocenters. The van der Waals surface area contributed by atoms with Crippen molar-refractivity contribution in [3.63, 3.8) is 0 Å². The fourth-order valence-electron chi connectivity index (χ4n) is 1.84. The first-order valence-electron chi connectivity index (χ1n) is 5.57. The Balaban J connectivity index is 2.29. The molecule has 0 aliphatic rings. The standard InChI is InChI=1S/C12H14BrFN4/c1-15-10(6-11-16-7-17-18(11)2)8-4-3-5-9(13)12(8)14/h3-5,7,10,15H,6H2,1-2H3. The Morgan fingerprint density at radius 1 is 1.50 bits per heavy atom. The molecular formula is C12H14BrFN4. The SMILES string of the molecule is CNC(Cc1ncnn1C)c1cccc(Br)c1F. The predicted molar refractivity (Wildman–Crippen MR) is 70.6 cm³/mol. The van der Waals surface area contributed by atoms with E-state index in [1.807, 2.05) is 13.1 Å². The first-order chi connectivity index (χ1) is 8.63. The molecule has 0 amide bonds. The molecule has 0 saturated heterocycles. The van der Waals surface area contributed by atoms with Crippen LogP contribution in [0.25, 0.3) is 0 Å². The highest BCUT2D eigenvalue weighted by molar-refractivity contribution is 9.10. The lowest BCUT2D eigenvalue weighted by Gasteiger charge is -2.17. The summed E-state index contributed by atoms with van der Waals surface area (Å²) < 4.78 is 16.2. The summed E-state index contributed by atoms with van der Waals surface area (Å²) >= 11 is 3.20. The molecule has 1 aromatic heterocycles. The van der Waals surface area contributed by atoms with E-state index < -0.39 is 0 Å². The molecule has 0 radical (unpaired) electrons. The molecule has 1 atom stereocenters. The van der Waals surface area contributed by atoms with Gasteiger partial charge in [-0.05, 0) is 29.0 Å². The quantitative estimate of drug-likeness (QED) is 0.941. The van der Waals surface area contributed by atoms with Crippen molar-refractivity contribution in [3.8, 4) is 0 Å². The van der Waals surface area contributed by atoms with Gasteiger partial charge in [-0.15, -0.1) is 0 Å². The van der Waals surface area contributed by atoms with Crippen LogP contribution in [0.15, 0.2) is 29.0 Å². The fourth-order valence-corrected chi connectivity index (χ4v) is 2.23. The summed E-state index contributed by atoms with van der Waals surface area (Å²) in [6, 6.07) is 5.15. The zero-order valence-electron chi connectivity index (χ0n) is 10.2. The van der Waals surface area contributed by atoms with Crippen LogP contribution in [0.5, 0.6) is 0 Å². The number of hydrogen-bond donors (Lipinski definition) is 1. The highest BCUT2D eigenvalue weighted by Gasteiger charge is 2.18. The van der Waals surface area contributed by atoms with Crippen molar-refractivity contribution < 1.29 is 4.39 Å². The van der Waals surface area contributed by atoms with Gasteiger partial charge in [0.15, 0.2) is 0 Å². The lowest BCUT2D eigenvalue weighted by molar-refractivity contribution is 0.512. The summed E-state index contributed by atoms with van der Waals surface area (Å²) in [6.45, 7) is 0. The van der Waals surface area contributed by atoms with Gasteiger partial charge < -0.3 is 5.32 Å². The van der Waals surface area contributed by atoms with Crippen molar-refractivity contribution >= 4 is 15.9 Å². The van der Waals surface area contributed by atoms with Gasteiger partial charge in [-0.1, -0.05) is 12.1 Å². The topological polar surface area (TPSA) is 42.7 Å². The average molecular weight is 313 g/mol. The zero-order valence-corrected chi connectivity index (χ0v) is 11.8. The molecule has 1 heterocycles. The predicted octanol–water partition coefficient (Wildman–Crippen LogP) is 2.22. The van der Waals surface area contributed by atoms with Crippen LogP contribution in [0, 0.1) is 5.82 Å². The summed E-state index contributed by atoms with van der Waals surface area (Å²) in [5, 5.41) is 7.12. The summed E-state index contributed by atoms with van der Waals surface area (Å²) in [6.07, 6.45) is 2.08. The van der Waals surface area contributed by atoms with Gasteiger partial charge in [-0.2, -0.15) is 5.10 Å². The van der Waals surface area contributed by atoms with Gasteiger partial charge in [0.05, 0.1) is 4.47 Å². The van der Waals surface area contributed by atoms with Gasteiger partial charge in [-0.25, -0.2) is 9.37 Å². The number of hydrogen-bond acceptors (Lipinski definition) is 3. The van der Waals surface area contributed by atoms with E-state index in [0.717, 1.165) is 5.82 Å². The summed E-state index contributed by atoms with van der Waals surface area (Å²) in [5.41, 5.74) is 0.620. The summed E-state index contributed by atoms with van der Waals surface area (Å²) in [4.78, 5) is 4.16. The second-order valence-electron chi connectivity index (χ2n) is 3.99. The molecule has 0 saturated carbocycles. The second-order valence-corrected chi connectivity index (χ2v) is 4.84. The number of aryl methyl sites for hydroxylation is 1. The highest BCUT2D eigenvalue weighted by atomic mass is 79.9. The first kappa shape index (κ1) is 13.2. The van der Waals surface area contributed by atoms with E-state index in [4.69, 9.17) is 0 Å². The molecule has 18 heavy (non-hydrogen) atoms. The monoisotopic (exact) mass is 312 g/mol. The van der Waals surface area contributed by atoms with Crippen LogP contribution in [0.4, 0.5) is 4.39 Å². The maximum atomic E-state index is 14.0.